The molecule has 0 aliphatic carbocycles. The molecule has 2 aromatic rings. The van der Waals surface area contributed by atoms with E-state index in [2.05, 4.69) is 24.0 Å². The Labute approximate surface area is 179 Å². The summed E-state index contributed by atoms with van der Waals surface area (Å²) in [5.41, 5.74) is 3.88. The van der Waals surface area contributed by atoms with Crippen molar-refractivity contribution < 1.29 is 14.6 Å². The minimum atomic E-state index is 0.0113. The van der Waals surface area contributed by atoms with Crippen molar-refractivity contribution in [2.45, 2.75) is 26.4 Å². The molecular weight excluding hydrogens is 376 g/mol. The molecule has 0 saturated carbocycles. The number of benzene rings is 2. The van der Waals surface area contributed by atoms with E-state index in [1.807, 2.05) is 43.3 Å². The van der Waals surface area contributed by atoms with Crippen LogP contribution in [0.2, 0.25) is 0 Å². The van der Waals surface area contributed by atoms with Gasteiger partial charge in [0.15, 0.2) is 0 Å². The highest BCUT2D eigenvalue weighted by Crippen LogP contribution is 2.28. The van der Waals surface area contributed by atoms with Gasteiger partial charge >= 0.3 is 0 Å². The van der Waals surface area contributed by atoms with E-state index < -0.39 is 0 Å². The Morgan fingerprint density at radius 1 is 1.20 bits per heavy atom. The third-order valence-corrected chi connectivity index (χ3v) is 5.94. The molecule has 1 fully saturated rings. The Balaban J connectivity index is 1.56. The van der Waals surface area contributed by atoms with Crippen molar-refractivity contribution in [3.63, 3.8) is 0 Å². The number of rotatable bonds is 9. The molecule has 2 aromatic carbocycles. The molecule has 1 N–H and O–H groups in total. The van der Waals surface area contributed by atoms with Crippen LogP contribution in [-0.4, -0.2) is 50.0 Å². The van der Waals surface area contributed by atoms with E-state index in [0.29, 0.717) is 30.6 Å². The maximum absolute atomic E-state index is 10.00. The van der Waals surface area contributed by atoms with Crippen molar-refractivity contribution in [1.29, 1.82) is 5.26 Å². The lowest BCUT2D eigenvalue weighted by atomic mass is 9.95. The molecular formula is C25H32N2O3. The van der Waals surface area contributed by atoms with Gasteiger partial charge in [0.25, 0.3) is 0 Å². The lowest BCUT2D eigenvalue weighted by molar-refractivity contribution is 0.184. The van der Waals surface area contributed by atoms with Crippen molar-refractivity contribution in [3.8, 4) is 11.8 Å². The SMILES string of the molecule is COCc1ccc(OC[C@@H]2CN(CC(CO)c3cc(C)cc(C#N)c3)C[C@H]2C)cc1. The summed E-state index contributed by atoms with van der Waals surface area (Å²) >= 11 is 0. The number of aliphatic hydroxyl groups is 1. The van der Waals surface area contributed by atoms with Gasteiger partial charge in [-0.1, -0.05) is 25.1 Å². The molecule has 1 saturated heterocycles. The molecule has 1 aliphatic heterocycles. The molecule has 1 heterocycles. The van der Waals surface area contributed by atoms with Crippen molar-refractivity contribution in [2.24, 2.45) is 11.8 Å². The average Bonchev–Trinajstić information content (AvgIpc) is 3.10. The maximum Gasteiger partial charge on any atom is 0.119 e. The molecule has 3 rings (SSSR count). The topological polar surface area (TPSA) is 65.7 Å². The van der Waals surface area contributed by atoms with Crippen LogP contribution in [0.3, 0.4) is 0 Å². The van der Waals surface area contributed by atoms with E-state index in [4.69, 9.17) is 9.47 Å². The van der Waals surface area contributed by atoms with Crippen LogP contribution >= 0.6 is 0 Å². The van der Waals surface area contributed by atoms with E-state index in [0.717, 1.165) is 42.1 Å². The van der Waals surface area contributed by atoms with E-state index in [9.17, 15) is 10.4 Å². The molecule has 1 aliphatic rings. The van der Waals surface area contributed by atoms with Crippen LogP contribution < -0.4 is 4.74 Å². The Bertz CT molecular complexity index is 860. The zero-order valence-electron chi connectivity index (χ0n) is 18.2. The van der Waals surface area contributed by atoms with E-state index >= 15 is 0 Å². The average molecular weight is 409 g/mol. The van der Waals surface area contributed by atoms with Gasteiger partial charge in [-0.15, -0.1) is 0 Å². The summed E-state index contributed by atoms with van der Waals surface area (Å²) in [5.74, 6) is 1.88. The van der Waals surface area contributed by atoms with Crippen molar-refractivity contribution in [2.75, 3.05) is 40.0 Å². The second kappa shape index (κ2) is 10.6. The molecule has 160 valence electrons. The van der Waals surface area contributed by atoms with Gasteiger partial charge in [0.2, 0.25) is 0 Å². The molecule has 30 heavy (non-hydrogen) atoms. The fourth-order valence-electron chi connectivity index (χ4n) is 4.25. The molecule has 0 radical (unpaired) electrons. The lowest BCUT2D eigenvalue weighted by Gasteiger charge is -2.23. The van der Waals surface area contributed by atoms with Gasteiger partial charge in [0, 0.05) is 38.6 Å². The highest BCUT2D eigenvalue weighted by atomic mass is 16.5. The Kier molecular flexibility index (Phi) is 7.87. The summed E-state index contributed by atoms with van der Waals surface area (Å²) in [7, 11) is 1.69. The first kappa shape index (κ1) is 22.3. The van der Waals surface area contributed by atoms with Crippen LogP contribution in [-0.2, 0) is 11.3 Å². The van der Waals surface area contributed by atoms with Gasteiger partial charge < -0.3 is 19.5 Å². The van der Waals surface area contributed by atoms with Gasteiger partial charge in [-0.2, -0.15) is 5.26 Å². The van der Waals surface area contributed by atoms with Crippen LogP contribution in [0, 0.1) is 30.1 Å². The smallest absolute Gasteiger partial charge is 0.119 e. The Morgan fingerprint density at radius 2 is 1.97 bits per heavy atom. The molecule has 0 bridgehead atoms. The summed E-state index contributed by atoms with van der Waals surface area (Å²) in [6.45, 7) is 8.37. The highest BCUT2D eigenvalue weighted by Gasteiger charge is 2.31. The van der Waals surface area contributed by atoms with Gasteiger partial charge in [-0.3, -0.25) is 0 Å². The fourth-order valence-corrected chi connectivity index (χ4v) is 4.25. The fraction of sp³-hybridized carbons (Fsp3) is 0.480. The molecule has 0 spiro atoms. The number of aliphatic hydroxyl groups excluding tert-OH is 1. The number of nitriles is 1. The minimum absolute atomic E-state index is 0.0113. The minimum Gasteiger partial charge on any atom is -0.493 e. The number of hydrogen-bond acceptors (Lipinski definition) is 5. The summed E-state index contributed by atoms with van der Waals surface area (Å²) in [5, 5.41) is 19.2. The third-order valence-electron chi connectivity index (χ3n) is 5.94. The van der Waals surface area contributed by atoms with Gasteiger partial charge in [0.1, 0.15) is 5.75 Å². The third kappa shape index (κ3) is 5.82. The monoisotopic (exact) mass is 408 g/mol. The van der Waals surface area contributed by atoms with Gasteiger partial charge in [-0.25, -0.2) is 0 Å². The zero-order valence-corrected chi connectivity index (χ0v) is 18.2. The van der Waals surface area contributed by atoms with Crippen molar-refractivity contribution >= 4 is 0 Å². The summed E-state index contributed by atoms with van der Waals surface area (Å²) < 4.78 is 11.2. The second-order valence-electron chi connectivity index (χ2n) is 8.47. The number of hydrogen-bond donors (Lipinski definition) is 1. The summed E-state index contributed by atoms with van der Waals surface area (Å²) in [6.07, 6.45) is 0. The number of likely N-dealkylation sites (tertiary alicyclic amines) is 1. The first-order chi connectivity index (χ1) is 14.5. The quantitative estimate of drug-likeness (QED) is 0.685. The molecule has 1 unspecified atom stereocenters. The first-order valence-electron chi connectivity index (χ1n) is 10.6. The predicted molar refractivity (Wildman–Crippen MR) is 117 cm³/mol. The summed E-state index contributed by atoms with van der Waals surface area (Å²) in [6, 6.07) is 16.1. The number of methoxy groups -OCH3 is 1. The lowest BCUT2D eigenvalue weighted by Crippen LogP contribution is -2.29. The van der Waals surface area contributed by atoms with Crippen molar-refractivity contribution in [1.82, 2.24) is 4.90 Å². The zero-order chi connectivity index (χ0) is 21.5. The normalized spacial score (nSPS) is 20.1. The Morgan fingerprint density at radius 3 is 2.63 bits per heavy atom. The molecule has 5 heteroatoms. The van der Waals surface area contributed by atoms with Gasteiger partial charge in [0.05, 0.1) is 31.5 Å². The first-order valence-corrected chi connectivity index (χ1v) is 10.6. The highest BCUT2D eigenvalue weighted by molar-refractivity contribution is 5.38. The molecule has 0 amide bonds. The molecule has 5 nitrogen and oxygen atoms in total. The van der Waals surface area contributed by atoms with E-state index in [1.54, 1.807) is 7.11 Å². The number of aryl methyl sites for hydroxylation is 1. The largest absolute Gasteiger partial charge is 0.493 e. The standard InChI is InChI=1S/C25H32N2O3/c1-18-8-21(11-26)10-22(9-18)23(15-28)13-27-12-19(2)24(14-27)17-30-25-6-4-20(5-7-25)16-29-3/h4-10,19,23-24,28H,12-17H2,1-3H3/t19-,23?,24+/m1/s1. The Hall–Kier alpha value is -2.39. The summed E-state index contributed by atoms with van der Waals surface area (Å²) in [4.78, 5) is 2.41. The van der Waals surface area contributed by atoms with Crippen LogP contribution in [0.1, 0.15) is 35.1 Å². The van der Waals surface area contributed by atoms with Gasteiger partial charge in [-0.05, 0) is 53.8 Å². The molecule has 0 aromatic heterocycles. The number of nitrogens with zero attached hydrogens (tertiary/aromatic N) is 2. The maximum atomic E-state index is 10.00. The van der Waals surface area contributed by atoms with E-state index in [-0.39, 0.29) is 12.5 Å². The van der Waals surface area contributed by atoms with E-state index in [1.165, 1.54) is 0 Å². The van der Waals surface area contributed by atoms with Crippen molar-refractivity contribution in [3.05, 3.63) is 64.7 Å². The van der Waals surface area contributed by atoms with Crippen LogP contribution in [0.4, 0.5) is 0 Å². The molecule has 3 atom stereocenters. The number of ether oxygens (including phenoxy) is 2. The predicted octanol–water partition coefficient (Wildman–Crippen LogP) is 3.74. The van der Waals surface area contributed by atoms with Crippen LogP contribution in [0.25, 0.3) is 0 Å². The van der Waals surface area contributed by atoms with Crippen LogP contribution in [0.15, 0.2) is 42.5 Å². The van der Waals surface area contributed by atoms with Crippen LogP contribution in [0.5, 0.6) is 5.75 Å². The second-order valence-corrected chi connectivity index (χ2v) is 8.47.